The maximum Gasteiger partial charge on any atom is 0.494 e. The molecule has 1 aliphatic heterocycles. The maximum absolute atomic E-state index is 8.98. The smallest absolute Gasteiger partial charge is 0.427 e. The molecule has 0 bridgehead atoms. The highest BCUT2D eigenvalue weighted by molar-refractivity contribution is 6.62. The molecule has 5 heteroatoms. The molecule has 1 unspecified atom stereocenters. The Balaban J connectivity index is 2.23. The Morgan fingerprint density at radius 3 is 1.95 bits per heavy atom. The van der Waals surface area contributed by atoms with E-state index in [-0.39, 0.29) is 11.2 Å². The summed E-state index contributed by atoms with van der Waals surface area (Å²) < 4.78 is 11.9. The summed E-state index contributed by atoms with van der Waals surface area (Å²) in [6.07, 6.45) is 0. The average molecular weight is 274 g/mol. The zero-order valence-electron chi connectivity index (χ0n) is 12.7. The van der Waals surface area contributed by atoms with Gasteiger partial charge in [0.1, 0.15) is 0 Å². The Morgan fingerprint density at radius 2 is 1.55 bits per heavy atom. The fourth-order valence-corrected chi connectivity index (χ4v) is 2.02. The highest BCUT2D eigenvalue weighted by Gasteiger charge is 2.51. The Kier molecular flexibility index (Phi) is 3.46. The van der Waals surface area contributed by atoms with Crippen molar-refractivity contribution in [2.45, 2.75) is 51.4 Å². The van der Waals surface area contributed by atoms with Gasteiger partial charge in [-0.2, -0.15) is 5.26 Å². The van der Waals surface area contributed by atoms with Crippen LogP contribution in [0.5, 0.6) is 0 Å². The van der Waals surface area contributed by atoms with Gasteiger partial charge in [-0.25, -0.2) is 0 Å². The molecule has 1 aromatic rings. The second kappa shape index (κ2) is 4.59. The van der Waals surface area contributed by atoms with Crippen molar-refractivity contribution in [1.82, 2.24) is 0 Å². The summed E-state index contributed by atoms with van der Waals surface area (Å²) in [5.41, 5.74) is -0.393. The predicted molar refractivity (Wildman–Crippen MR) is 78.7 cm³/mol. The first-order valence-electron chi connectivity index (χ1n) is 6.71. The van der Waals surface area contributed by atoms with Crippen LogP contribution < -0.4 is 5.46 Å². The average Bonchev–Trinajstić information content (AvgIpc) is 2.59. The zero-order chi connectivity index (χ0) is 15.2. The van der Waals surface area contributed by atoms with Crippen LogP contribution in [0.1, 0.15) is 40.2 Å². The van der Waals surface area contributed by atoms with Gasteiger partial charge in [0.05, 0.1) is 11.2 Å². The summed E-state index contributed by atoms with van der Waals surface area (Å²) in [4.78, 5) is 0. The third-order valence-electron chi connectivity index (χ3n) is 4.24. The lowest BCUT2D eigenvalue weighted by molar-refractivity contribution is 0.00578. The van der Waals surface area contributed by atoms with E-state index in [1.54, 1.807) is 19.1 Å². The molecule has 1 aliphatic rings. The van der Waals surface area contributed by atoms with Crippen LogP contribution in [-0.4, -0.2) is 23.4 Å². The predicted octanol–water partition coefficient (Wildman–Crippen LogP) is 1.45. The molecule has 0 radical (unpaired) electrons. The van der Waals surface area contributed by atoms with E-state index in [1.807, 2.05) is 45.9 Å². The fraction of sp³-hybridized carbons (Fsp3) is 0.533. The first-order valence-corrected chi connectivity index (χ1v) is 6.71. The lowest BCUT2D eigenvalue weighted by atomic mass is 9.78. The monoisotopic (exact) mass is 274 g/mol. The van der Waals surface area contributed by atoms with Crippen molar-refractivity contribution in [2.24, 2.45) is 0 Å². The van der Waals surface area contributed by atoms with Crippen molar-refractivity contribution in [3.05, 3.63) is 29.8 Å². The lowest BCUT2D eigenvalue weighted by Gasteiger charge is -2.32. The highest BCUT2D eigenvalue weighted by atomic mass is 16.7. The number of nitriles is 1. The van der Waals surface area contributed by atoms with E-state index in [9.17, 15) is 0 Å². The lowest BCUT2D eigenvalue weighted by Crippen LogP contribution is -2.41. The molecule has 1 aromatic carbocycles. The number of hydrogen-bond donors (Lipinski definition) is 0. The van der Waals surface area contributed by atoms with E-state index in [0.717, 1.165) is 5.46 Å². The SMILES string of the molecule is CC([OH2+])(C#N)c1ccc(B2OC(C)(C)C(C)(C)O2)cc1. The van der Waals surface area contributed by atoms with Gasteiger partial charge in [0.15, 0.2) is 6.07 Å². The normalized spacial score (nSPS) is 23.1. The van der Waals surface area contributed by atoms with Crippen molar-refractivity contribution in [2.75, 3.05) is 0 Å². The van der Waals surface area contributed by atoms with E-state index >= 15 is 0 Å². The molecule has 20 heavy (non-hydrogen) atoms. The van der Waals surface area contributed by atoms with E-state index in [1.165, 1.54) is 0 Å². The van der Waals surface area contributed by atoms with Gasteiger partial charge in [-0.15, -0.1) is 0 Å². The molecular formula is C15H21BNO3+. The molecule has 4 nitrogen and oxygen atoms in total. The second-order valence-corrected chi connectivity index (χ2v) is 6.45. The minimum atomic E-state index is -1.23. The molecule has 2 N–H and O–H groups in total. The molecule has 1 saturated heterocycles. The highest BCUT2D eigenvalue weighted by Crippen LogP contribution is 2.36. The van der Waals surface area contributed by atoms with Gasteiger partial charge >= 0.3 is 7.12 Å². The van der Waals surface area contributed by atoms with Gasteiger partial charge in [0, 0.05) is 12.5 Å². The molecule has 1 atom stereocenters. The third kappa shape index (κ3) is 2.47. The van der Waals surface area contributed by atoms with Crippen molar-refractivity contribution in [1.29, 1.82) is 5.26 Å². The van der Waals surface area contributed by atoms with Crippen molar-refractivity contribution in [3.63, 3.8) is 0 Å². The summed E-state index contributed by atoms with van der Waals surface area (Å²) in [6, 6.07) is 9.28. The number of benzene rings is 1. The van der Waals surface area contributed by atoms with E-state index < -0.39 is 12.7 Å². The quantitative estimate of drug-likeness (QED) is 0.605. The van der Waals surface area contributed by atoms with Crippen LogP contribution in [0.25, 0.3) is 0 Å². The van der Waals surface area contributed by atoms with Gasteiger partial charge in [-0.3, -0.25) is 0 Å². The van der Waals surface area contributed by atoms with Gasteiger partial charge < -0.3 is 14.4 Å². The standard InChI is InChI=1S/C15H20BNO3/c1-13(2)14(3,4)20-16(19-13)12-8-6-11(7-9-12)15(5,18)10-17/h6-9,18H,1-5H3/p+1. The van der Waals surface area contributed by atoms with Gasteiger partial charge in [0.25, 0.3) is 5.60 Å². The molecular weight excluding hydrogens is 253 g/mol. The van der Waals surface area contributed by atoms with Gasteiger partial charge in [0.2, 0.25) is 0 Å². The van der Waals surface area contributed by atoms with Crippen LogP contribution >= 0.6 is 0 Å². The molecule has 2 rings (SSSR count). The van der Waals surface area contributed by atoms with Crippen LogP contribution in [-0.2, 0) is 14.9 Å². The molecule has 0 aromatic heterocycles. The van der Waals surface area contributed by atoms with Crippen LogP contribution in [0.4, 0.5) is 0 Å². The molecule has 1 heterocycles. The number of rotatable bonds is 2. The fourth-order valence-electron chi connectivity index (χ4n) is 2.02. The molecule has 0 amide bonds. The van der Waals surface area contributed by atoms with Crippen LogP contribution in [0.3, 0.4) is 0 Å². The van der Waals surface area contributed by atoms with Crippen molar-refractivity contribution in [3.8, 4) is 6.07 Å². The summed E-state index contributed by atoms with van der Waals surface area (Å²) in [6.45, 7) is 9.63. The molecule has 106 valence electrons. The Bertz CT molecular complexity index is 527. The first-order chi connectivity index (χ1) is 9.09. The van der Waals surface area contributed by atoms with Gasteiger partial charge in [-0.1, -0.05) is 12.1 Å². The topological polar surface area (TPSA) is 65.2 Å². The van der Waals surface area contributed by atoms with Crippen LogP contribution in [0.2, 0.25) is 0 Å². The third-order valence-corrected chi connectivity index (χ3v) is 4.24. The largest absolute Gasteiger partial charge is 0.494 e. The van der Waals surface area contributed by atoms with E-state index in [0.29, 0.717) is 5.56 Å². The molecule has 0 spiro atoms. The van der Waals surface area contributed by atoms with Crippen LogP contribution in [0.15, 0.2) is 24.3 Å². The summed E-state index contributed by atoms with van der Waals surface area (Å²) in [7, 11) is -0.409. The zero-order valence-corrected chi connectivity index (χ0v) is 12.7. The summed E-state index contributed by atoms with van der Waals surface area (Å²) >= 11 is 0. The van der Waals surface area contributed by atoms with E-state index in [4.69, 9.17) is 19.7 Å². The summed E-state index contributed by atoms with van der Waals surface area (Å²) in [5, 5.41) is 16.9. The van der Waals surface area contributed by atoms with Crippen molar-refractivity contribution < 1.29 is 14.4 Å². The Hall–Kier alpha value is -1.35. The minimum Gasteiger partial charge on any atom is -0.427 e. The van der Waals surface area contributed by atoms with Gasteiger partial charge in [-0.05, 0) is 45.3 Å². The van der Waals surface area contributed by atoms with E-state index in [2.05, 4.69) is 0 Å². The Morgan fingerprint density at radius 1 is 1.10 bits per heavy atom. The maximum atomic E-state index is 8.98. The minimum absolute atomic E-state index is 0.368. The molecule has 0 saturated carbocycles. The number of nitrogens with zero attached hydrogens (tertiary/aromatic N) is 1. The van der Waals surface area contributed by atoms with Crippen LogP contribution in [0, 0.1) is 11.3 Å². The van der Waals surface area contributed by atoms with Crippen molar-refractivity contribution >= 4 is 12.6 Å². The summed E-state index contributed by atoms with van der Waals surface area (Å²) in [5.74, 6) is 0. The molecule has 0 aliphatic carbocycles. The second-order valence-electron chi connectivity index (χ2n) is 6.45. The molecule has 1 fully saturated rings. The number of hydrogen-bond acceptors (Lipinski definition) is 3. The first kappa shape index (κ1) is 15.1. The Labute approximate surface area is 120 Å².